The Morgan fingerprint density at radius 3 is 2.19 bits per heavy atom. The van der Waals surface area contributed by atoms with Crippen LogP contribution in [0.5, 0.6) is 0 Å². The van der Waals surface area contributed by atoms with Crippen LogP contribution in [0.4, 0.5) is 22.0 Å². The number of allylic oxidation sites excluding steroid dienone is 1. The zero-order valence-electron chi connectivity index (χ0n) is 16.1. The molecule has 172 valence electrons. The molecular weight excluding hydrogens is 498 g/mol. The van der Waals surface area contributed by atoms with Crippen molar-refractivity contribution in [3.8, 4) is 0 Å². The van der Waals surface area contributed by atoms with E-state index in [0.717, 1.165) is 36.4 Å². The van der Waals surface area contributed by atoms with Gasteiger partial charge in [-0.25, -0.2) is 17.2 Å². The normalized spacial score (nSPS) is 17.3. The van der Waals surface area contributed by atoms with E-state index in [9.17, 15) is 35.2 Å². The van der Waals surface area contributed by atoms with Crippen LogP contribution >= 0.6 is 23.2 Å². The number of Topliss-reactive ketones (excluding diaryl/α,β-unsaturated/α-hetero) is 1. The molecular formula is C21H15Cl2F5O3S. The van der Waals surface area contributed by atoms with Gasteiger partial charge in [0.25, 0.3) is 0 Å². The van der Waals surface area contributed by atoms with Crippen LogP contribution in [0.2, 0.25) is 10.0 Å². The molecule has 0 amide bonds. The van der Waals surface area contributed by atoms with Gasteiger partial charge in [0, 0.05) is 6.42 Å². The summed E-state index contributed by atoms with van der Waals surface area (Å²) in [5, 5.41) is -1.13. The molecule has 0 saturated carbocycles. The van der Waals surface area contributed by atoms with E-state index in [2.05, 4.69) is 0 Å². The Bertz CT molecular complexity index is 1160. The van der Waals surface area contributed by atoms with Gasteiger partial charge in [0.15, 0.2) is 21.4 Å². The molecule has 1 aliphatic rings. The molecule has 0 N–H and O–H groups in total. The molecule has 0 spiro atoms. The van der Waals surface area contributed by atoms with Gasteiger partial charge in [-0.1, -0.05) is 41.4 Å². The minimum absolute atomic E-state index is 0.0545. The third-order valence-corrected chi connectivity index (χ3v) is 7.45. The average Bonchev–Trinajstić information content (AvgIpc) is 2.63. The predicted octanol–water partition coefficient (Wildman–Crippen LogP) is 6.25. The lowest BCUT2D eigenvalue weighted by molar-refractivity contribution is -0.139. The van der Waals surface area contributed by atoms with Crippen LogP contribution in [0.1, 0.15) is 33.8 Å². The van der Waals surface area contributed by atoms with Crippen molar-refractivity contribution in [3.05, 3.63) is 74.8 Å². The van der Waals surface area contributed by atoms with Gasteiger partial charge in [-0.3, -0.25) is 4.79 Å². The zero-order valence-corrected chi connectivity index (χ0v) is 18.4. The first-order chi connectivity index (χ1) is 14.8. The minimum atomic E-state index is -4.77. The van der Waals surface area contributed by atoms with Crippen LogP contribution in [-0.4, -0.2) is 31.9 Å². The predicted molar refractivity (Wildman–Crippen MR) is 112 cm³/mol. The number of ketones is 1. The summed E-state index contributed by atoms with van der Waals surface area (Å²) in [6, 6.07) is 4.93. The summed E-state index contributed by atoms with van der Waals surface area (Å²) in [6.45, 7) is 0. The highest BCUT2D eigenvalue weighted by atomic mass is 35.5. The van der Waals surface area contributed by atoms with E-state index in [-0.39, 0.29) is 35.0 Å². The molecule has 1 aliphatic heterocycles. The monoisotopic (exact) mass is 512 g/mol. The van der Waals surface area contributed by atoms with E-state index in [1.165, 1.54) is 6.07 Å². The molecule has 1 unspecified atom stereocenters. The topological polar surface area (TPSA) is 51.2 Å². The van der Waals surface area contributed by atoms with Crippen LogP contribution in [0.15, 0.2) is 36.4 Å². The minimum Gasteiger partial charge on any atom is -0.294 e. The highest BCUT2D eigenvalue weighted by molar-refractivity contribution is 7.92. The summed E-state index contributed by atoms with van der Waals surface area (Å²) in [6.07, 6.45) is -3.14. The molecule has 0 radical (unpaired) electrons. The lowest BCUT2D eigenvalue weighted by atomic mass is 9.96. The fourth-order valence-corrected chi connectivity index (χ4v) is 5.47. The Hall–Kier alpha value is -1.97. The van der Waals surface area contributed by atoms with Crippen molar-refractivity contribution in [3.63, 3.8) is 0 Å². The molecule has 2 aromatic rings. The number of benzene rings is 2. The fraction of sp³-hybridized carbons (Fsp3) is 0.286. The van der Waals surface area contributed by atoms with E-state index in [1.54, 1.807) is 0 Å². The molecule has 1 atom stereocenters. The van der Waals surface area contributed by atoms with Crippen molar-refractivity contribution in [2.24, 2.45) is 5.92 Å². The summed E-state index contributed by atoms with van der Waals surface area (Å²) < 4.78 is 90.9. The number of alkyl halides is 3. The SMILES string of the molecule is O=C(CC1CS(=O)(=O)C1)c1ccc(/C=C/C(c2cc(Cl)c(F)c(Cl)c2)C(F)(F)F)cc1F. The molecule has 32 heavy (non-hydrogen) atoms. The number of sulfone groups is 1. The Morgan fingerprint density at radius 2 is 1.69 bits per heavy atom. The van der Waals surface area contributed by atoms with Crippen molar-refractivity contribution >= 4 is 44.9 Å². The maximum Gasteiger partial charge on any atom is 0.399 e. The van der Waals surface area contributed by atoms with Crippen molar-refractivity contribution in [2.45, 2.75) is 18.5 Å². The highest BCUT2D eigenvalue weighted by Gasteiger charge is 2.39. The largest absolute Gasteiger partial charge is 0.399 e. The highest BCUT2D eigenvalue weighted by Crippen LogP contribution is 2.39. The van der Waals surface area contributed by atoms with Gasteiger partial charge in [-0.15, -0.1) is 0 Å². The van der Waals surface area contributed by atoms with Gasteiger partial charge in [-0.2, -0.15) is 13.2 Å². The van der Waals surface area contributed by atoms with E-state index in [1.807, 2.05) is 0 Å². The molecule has 1 fully saturated rings. The molecule has 0 aliphatic carbocycles. The number of carbonyl (C=O) groups is 1. The van der Waals surface area contributed by atoms with E-state index in [0.29, 0.717) is 0 Å². The van der Waals surface area contributed by atoms with Gasteiger partial charge in [0.1, 0.15) is 5.82 Å². The van der Waals surface area contributed by atoms with Gasteiger partial charge in [0.2, 0.25) is 0 Å². The molecule has 11 heteroatoms. The molecule has 3 nitrogen and oxygen atoms in total. The lowest BCUT2D eigenvalue weighted by Crippen LogP contribution is -2.37. The second kappa shape index (κ2) is 9.11. The van der Waals surface area contributed by atoms with Gasteiger partial charge >= 0.3 is 6.18 Å². The van der Waals surface area contributed by atoms with E-state index in [4.69, 9.17) is 23.2 Å². The standard InChI is InChI=1S/C21H15Cl2F5O3S/c22-16-7-13(8-17(23)20(16)25)15(21(26,27)28)4-2-11-1-3-14(18(24)5-11)19(29)6-12-9-32(30,31)10-12/h1-5,7-8,12,15H,6,9-10H2/b4-2+. The summed E-state index contributed by atoms with van der Waals surface area (Å²) in [5.41, 5.74) is -0.609. The third-order valence-electron chi connectivity index (χ3n) is 4.95. The van der Waals surface area contributed by atoms with Crippen LogP contribution in [0.3, 0.4) is 0 Å². The van der Waals surface area contributed by atoms with Crippen molar-refractivity contribution in [1.82, 2.24) is 0 Å². The molecule has 3 rings (SSSR count). The van der Waals surface area contributed by atoms with Crippen LogP contribution in [0, 0.1) is 17.6 Å². The number of hydrogen-bond donors (Lipinski definition) is 0. The molecule has 1 heterocycles. The van der Waals surface area contributed by atoms with Gasteiger partial charge in [-0.05, 0) is 41.3 Å². The maximum atomic E-state index is 14.4. The van der Waals surface area contributed by atoms with Crippen molar-refractivity contribution in [1.29, 1.82) is 0 Å². The first kappa shape index (κ1) is 24.7. The molecule has 1 saturated heterocycles. The Morgan fingerprint density at radius 1 is 1.09 bits per heavy atom. The first-order valence-electron chi connectivity index (χ1n) is 9.19. The smallest absolute Gasteiger partial charge is 0.294 e. The van der Waals surface area contributed by atoms with Crippen molar-refractivity contribution < 1.29 is 35.2 Å². The van der Waals surface area contributed by atoms with E-state index < -0.39 is 55.0 Å². The molecule has 0 bridgehead atoms. The van der Waals surface area contributed by atoms with Crippen molar-refractivity contribution in [2.75, 3.05) is 11.5 Å². The number of rotatable bonds is 6. The average molecular weight is 513 g/mol. The number of carbonyl (C=O) groups excluding carboxylic acids is 1. The lowest BCUT2D eigenvalue weighted by Gasteiger charge is -2.24. The number of halogens is 7. The van der Waals surface area contributed by atoms with Crippen LogP contribution in [-0.2, 0) is 9.84 Å². The number of hydrogen-bond acceptors (Lipinski definition) is 3. The van der Waals surface area contributed by atoms with E-state index >= 15 is 0 Å². The summed E-state index contributed by atoms with van der Waals surface area (Å²) in [5.74, 6) is -5.37. The van der Waals surface area contributed by atoms with Crippen LogP contribution in [0.25, 0.3) is 6.08 Å². The molecule has 0 aromatic heterocycles. The Kier molecular flexibility index (Phi) is 7.02. The summed E-state index contributed by atoms with van der Waals surface area (Å²) in [4.78, 5) is 12.2. The quantitative estimate of drug-likeness (QED) is 0.261. The van der Waals surface area contributed by atoms with Crippen LogP contribution < -0.4 is 0 Å². The summed E-state index contributed by atoms with van der Waals surface area (Å²) >= 11 is 11.2. The van der Waals surface area contributed by atoms with Gasteiger partial charge in [0.05, 0.1) is 33.0 Å². The maximum absolute atomic E-state index is 14.4. The first-order valence-corrected chi connectivity index (χ1v) is 11.8. The fourth-order valence-electron chi connectivity index (χ4n) is 3.39. The second-order valence-electron chi connectivity index (χ2n) is 7.49. The Balaban J connectivity index is 1.81. The van der Waals surface area contributed by atoms with Gasteiger partial charge < -0.3 is 0 Å². The zero-order chi connectivity index (χ0) is 23.8. The molecule has 2 aromatic carbocycles. The second-order valence-corrected chi connectivity index (χ2v) is 10.5. The Labute approximate surface area is 190 Å². The summed E-state index contributed by atoms with van der Waals surface area (Å²) in [7, 11) is -3.12. The third kappa shape index (κ3) is 5.68.